The Morgan fingerprint density at radius 1 is 1.05 bits per heavy atom. The largest absolute Gasteiger partial charge is 0.277 e. The smallest absolute Gasteiger partial charge is 0.255 e. The van der Waals surface area contributed by atoms with Gasteiger partial charge in [-0.15, -0.1) is 0 Å². The highest BCUT2D eigenvalue weighted by Crippen LogP contribution is 2.23. The molecular weight excluding hydrogens is 301 g/mol. The molecule has 0 radical (unpaired) electrons. The van der Waals surface area contributed by atoms with Crippen molar-refractivity contribution < 1.29 is 12.8 Å². The Balaban J connectivity index is 2.20. The van der Waals surface area contributed by atoms with Gasteiger partial charge in [0, 0.05) is 0 Å². The third-order valence-corrected chi connectivity index (χ3v) is 3.73. The van der Waals surface area contributed by atoms with Crippen molar-refractivity contribution in [1.29, 1.82) is 0 Å². The molecule has 0 aliphatic carbocycles. The van der Waals surface area contributed by atoms with Crippen LogP contribution in [-0.2, 0) is 10.0 Å². The normalized spacial score (nSPS) is 11.7. The molecule has 2 rings (SSSR count). The lowest BCUT2D eigenvalue weighted by molar-refractivity contribution is 0.606. The zero-order valence-corrected chi connectivity index (χ0v) is 11.8. The molecule has 0 saturated heterocycles. The van der Waals surface area contributed by atoms with Gasteiger partial charge in [-0.3, -0.25) is 4.72 Å². The summed E-state index contributed by atoms with van der Waals surface area (Å²) in [6.07, 6.45) is 1.42. The molecule has 0 aliphatic rings. The highest BCUT2D eigenvalue weighted by Gasteiger charge is 2.11. The molecule has 0 heterocycles. The van der Waals surface area contributed by atoms with Crippen molar-refractivity contribution in [2.24, 2.45) is 0 Å². The Hall–Kier alpha value is -1.85. The van der Waals surface area contributed by atoms with Gasteiger partial charge in [-0.2, -0.15) is 0 Å². The molecular formula is C14H11ClFNO2S. The van der Waals surface area contributed by atoms with Crippen molar-refractivity contribution in [3.05, 3.63) is 70.3 Å². The second-order valence-corrected chi connectivity index (χ2v) is 5.94. The summed E-state index contributed by atoms with van der Waals surface area (Å²) >= 11 is 5.59. The topological polar surface area (TPSA) is 46.2 Å². The molecule has 0 unspecified atom stereocenters. The number of anilines is 1. The summed E-state index contributed by atoms with van der Waals surface area (Å²) in [6.45, 7) is 0. The summed E-state index contributed by atoms with van der Waals surface area (Å²) in [7, 11) is -3.80. The lowest BCUT2D eigenvalue weighted by atomic mass is 10.2. The summed E-state index contributed by atoms with van der Waals surface area (Å²) in [4.78, 5) is 0. The molecule has 1 N–H and O–H groups in total. The number of nitrogens with one attached hydrogen (secondary N) is 1. The van der Waals surface area contributed by atoms with E-state index < -0.39 is 15.8 Å². The fraction of sp³-hybridized carbons (Fsp3) is 0. The van der Waals surface area contributed by atoms with E-state index in [-0.39, 0.29) is 10.7 Å². The minimum absolute atomic E-state index is 0.141. The van der Waals surface area contributed by atoms with Gasteiger partial charge in [0.15, 0.2) is 5.82 Å². The van der Waals surface area contributed by atoms with E-state index in [0.717, 1.165) is 11.0 Å². The van der Waals surface area contributed by atoms with Gasteiger partial charge in [0.2, 0.25) is 0 Å². The number of hydrogen-bond acceptors (Lipinski definition) is 2. The predicted octanol–water partition coefficient (Wildman–Crippen LogP) is 3.89. The maximum absolute atomic E-state index is 13.6. The molecule has 2 aromatic carbocycles. The van der Waals surface area contributed by atoms with Crippen LogP contribution in [0.1, 0.15) is 5.56 Å². The van der Waals surface area contributed by atoms with Crippen LogP contribution < -0.4 is 4.72 Å². The Bertz CT molecular complexity index is 730. The van der Waals surface area contributed by atoms with Crippen molar-refractivity contribution in [3.8, 4) is 0 Å². The van der Waals surface area contributed by atoms with Gasteiger partial charge in [0.25, 0.3) is 10.0 Å². The number of hydrogen-bond donors (Lipinski definition) is 1. The molecule has 20 heavy (non-hydrogen) atoms. The van der Waals surface area contributed by atoms with Crippen molar-refractivity contribution in [1.82, 2.24) is 0 Å². The van der Waals surface area contributed by atoms with Crippen LogP contribution in [-0.4, -0.2) is 8.42 Å². The van der Waals surface area contributed by atoms with Crippen molar-refractivity contribution in [3.63, 3.8) is 0 Å². The number of rotatable bonds is 4. The van der Waals surface area contributed by atoms with Crippen molar-refractivity contribution in [2.75, 3.05) is 4.72 Å². The summed E-state index contributed by atoms with van der Waals surface area (Å²) < 4.78 is 39.4. The maximum atomic E-state index is 13.6. The molecule has 0 bridgehead atoms. The molecule has 0 aromatic heterocycles. The molecule has 0 saturated carbocycles. The summed E-state index contributed by atoms with van der Waals surface area (Å²) in [5.41, 5.74) is 0.541. The molecule has 3 nitrogen and oxygen atoms in total. The lowest BCUT2D eigenvalue weighted by Gasteiger charge is -2.06. The number of sulfonamides is 1. The Morgan fingerprint density at radius 3 is 2.45 bits per heavy atom. The minimum atomic E-state index is -3.80. The molecule has 0 amide bonds. The van der Waals surface area contributed by atoms with E-state index in [0.29, 0.717) is 0 Å². The Labute approximate surface area is 121 Å². The fourth-order valence-corrected chi connectivity index (χ4v) is 2.55. The van der Waals surface area contributed by atoms with Crippen LogP contribution in [0.15, 0.2) is 53.9 Å². The van der Waals surface area contributed by atoms with Crippen LogP contribution in [0, 0.1) is 5.82 Å². The first kappa shape index (κ1) is 14.6. The van der Waals surface area contributed by atoms with Crippen LogP contribution in [0.3, 0.4) is 0 Å². The second-order valence-electron chi connectivity index (χ2n) is 3.96. The molecule has 0 aliphatic heterocycles. The Morgan fingerprint density at radius 2 is 1.75 bits per heavy atom. The first-order chi connectivity index (χ1) is 9.48. The average molecular weight is 312 g/mol. The first-order valence-electron chi connectivity index (χ1n) is 5.68. The van der Waals surface area contributed by atoms with Crippen LogP contribution >= 0.6 is 11.6 Å². The summed E-state index contributed by atoms with van der Waals surface area (Å²) in [5, 5.41) is 0.833. The van der Waals surface area contributed by atoms with E-state index in [2.05, 4.69) is 4.72 Å². The number of halogens is 2. The average Bonchev–Trinajstić information content (AvgIpc) is 2.43. The van der Waals surface area contributed by atoms with E-state index in [1.54, 1.807) is 24.3 Å². The molecule has 104 valence electrons. The van der Waals surface area contributed by atoms with Crippen molar-refractivity contribution >= 4 is 33.4 Å². The highest BCUT2D eigenvalue weighted by molar-refractivity contribution is 7.95. The van der Waals surface area contributed by atoms with Gasteiger partial charge >= 0.3 is 0 Å². The zero-order chi connectivity index (χ0) is 14.6. The highest BCUT2D eigenvalue weighted by atomic mass is 35.5. The van der Waals surface area contributed by atoms with Crippen LogP contribution in [0.2, 0.25) is 5.02 Å². The molecule has 0 fully saturated rings. The standard InChI is InChI=1S/C14H11ClFNO2S/c15-12-7-4-8-13(14(12)16)17-20(18,19)10-9-11-5-2-1-3-6-11/h1-10,17H/b10-9+. The molecule has 0 spiro atoms. The quantitative estimate of drug-likeness (QED) is 0.931. The van der Waals surface area contributed by atoms with Gasteiger partial charge in [-0.05, 0) is 23.8 Å². The van der Waals surface area contributed by atoms with E-state index in [1.165, 1.54) is 24.3 Å². The molecule has 2 aromatic rings. The van der Waals surface area contributed by atoms with E-state index in [9.17, 15) is 12.8 Å². The summed E-state index contributed by atoms with van der Waals surface area (Å²) in [6, 6.07) is 13.0. The van der Waals surface area contributed by atoms with Crippen LogP contribution in [0.5, 0.6) is 0 Å². The Kier molecular flexibility index (Phi) is 4.42. The molecule has 6 heteroatoms. The zero-order valence-electron chi connectivity index (χ0n) is 10.3. The van der Waals surface area contributed by atoms with E-state index in [4.69, 9.17) is 11.6 Å². The third kappa shape index (κ3) is 3.82. The van der Waals surface area contributed by atoms with Crippen molar-refractivity contribution in [2.45, 2.75) is 0 Å². The minimum Gasteiger partial charge on any atom is -0.277 e. The van der Waals surface area contributed by atoms with Gasteiger partial charge in [0.05, 0.1) is 16.1 Å². The molecule has 0 atom stereocenters. The van der Waals surface area contributed by atoms with Gasteiger partial charge in [-0.25, -0.2) is 12.8 Å². The van der Waals surface area contributed by atoms with E-state index in [1.807, 2.05) is 6.07 Å². The lowest BCUT2D eigenvalue weighted by Crippen LogP contribution is -2.10. The summed E-state index contributed by atoms with van der Waals surface area (Å²) in [5.74, 6) is -0.800. The second kappa shape index (κ2) is 6.07. The number of benzene rings is 2. The predicted molar refractivity (Wildman–Crippen MR) is 79.4 cm³/mol. The first-order valence-corrected chi connectivity index (χ1v) is 7.60. The fourth-order valence-electron chi connectivity index (χ4n) is 1.50. The van der Waals surface area contributed by atoms with Gasteiger partial charge in [0.1, 0.15) is 0 Å². The maximum Gasteiger partial charge on any atom is 0.255 e. The van der Waals surface area contributed by atoms with Gasteiger partial charge in [-0.1, -0.05) is 48.0 Å². The van der Waals surface area contributed by atoms with Gasteiger partial charge < -0.3 is 0 Å². The van der Waals surface area contributed by atoms with E-state index >= 15 is 0 Å². The third-order valence-electron chi connectivity index (χ3n) is 2.44. The SMILES string of the molecule is O=S(=O)(/C=C/c1ccccc1)Nc1cccc(Cl)c1F. The van der Waals surface area contributed by atoms with Crippen LogP contribution in [0.25, 0.3) is 6.08 Å². The monoisotopic (exact) mass is 311 g/mol. The van der Waals surface area contributed by atoms with Crippen LogP contribution in [0.4, 0.5) is 10.1 Å².